The molecule has 6 heteroatoms. The lowest BCUT2D eigenvalue weighted by atomic mass is 10.0. The third-order valence-electron chi connectivity index (χ3n) is 3.43. The summed E-state index contributed by atoms with van der Waals surface area (Å²) in [5.74, 6) is 0.734. The third-order valence-corrected chi connectivity index (χ3v) is 4.85. The summed E-state index contributed by atoms with van der Waals surface area (Å²) in [5.41, 5.74) is 3.04. The van der Waals surface area contributed by atoms with Crippen LogP contribution >= 0.6 is 7.60 Å². The Labute approximate surface area is 142 Å². The molecule has 2 N–H and O–H groups in total. The zero-order valence-electron chi connectivity index (χ0n) is 13.7. The van der Waals surface area contributed by atoms with E-state index in [0.29, 0.717) is 0 Å². The quantitative estimate of drug-likeness (QED) is 0.678. The first kappa shape index (κ1) is 18.7. The summed E-state index contributed by atoms with van der Waals surface area (Å²) >= 11 is 0. The molecule has 0 radical (unpaired) electrons. The molecule has 2 rings (SSSR count). The molecule has 0 aliphatic rings. The van der Waals surface area contributed by atoms with Crippen molar-refractivity contribution in [1.82, 2.24) is 0 Å². The van der Waals surface area contributed by atoms with Crippen molar-refractivity contribution < 1.29 is 23.8 Å². The number of hydrogen-bond donors (Lipinski definition) is 2. The van der Waals surface area contributed by atoms with Gasteiger partial charge in [-0.25, -0.2) is 0 Å². The second-order valence-corrected chi connectivity index (χ2v) is 7.27. The molecule has 0 saturated heterocycles. The van der Waals surface area contributed by atoms with Crippen molar-refractivity contribution in [3.05, 3.63) is 65.2 Å². The first-order valence-electron chi connectivity index (χ1n) is 7.89. The molecule has 0 bridgehead atoms. The van der Waals surface area contributed by atoms with Gasteiger partial charge in [0.25, 0.3) is 0 Å². The van der Waals surface area contributed by atoms with Gasteiger partial charge in [-0.2, -0.15) is 0 Å². The molecule has 1 atom stereocenters. The molecule has 0 fully saturated rings. The summed E-state index contributed by atoms with van der Waals surface area (Å²) in [6.45, 7) is 2.21. The smallest absolute Gasteiger partial charge is 0.332 e. The molecule has 0 heterocycles. The first-order valence-corrected chi connectivity index (χ1v) is 9.65. The molecule has 1 unspecified atom stereocenters. The van der Waals surface area contributed by atoms with Gasteiger partial charge < -0.3 is 19.3 Å². The summed E-state index contributed by atoms with van der Waals surface area (Å²) in [6.07, 6.45) is 0.792. The normalized spacial score (nSPS) is 13.5. The molecule has 2 aromatic carbocycles. The van der Waals surface area contributed by atoms with Gasteiger partial charge in [0.15, 0.2) is 0 Å². The Morgan fingerprint density at radius 3 is 2.04 bits per heavy atom. The van der Waals surface area contributed by atoms with E-state index in [-0.39, 0.29) is 26.0 Å². The van der Waals surface area contributed by atoms with E-state index in [4.69, 9.17) is 14.4 Å². The second-order valence-electron chi connectivity index (χ2n) is 5.42. The van der Waals surface area contributed by atoms with E-state index in [2.05, 4.69) is 0 Å². The van der Waals surface area contributed by atoms with Crippen molar-refractivity contribution in [3.63, 3.8) is 0 Å². The molecule has 24 heavy (non-hydrogen) atoms. The average molecular weight is 350 g/mol. The second kappa shape index (κ2) is 9.00. The van der Waals surface area contributed by atoms with Crippen LogP contribution in [0.2, 0.25) is 0 Å². The molecule has 0 spiro atoms. The first-order chi connectivity index (χ1) is 11.5. The Balaban J connectivity index is 1.95. The van der Waals surface area contributed by atoms with Crippen LogP contribution in [0.25, 0.3) is 0 Å². The van der Waals surface area contributed by atoms with Crippen LogP contribution in [0.3, 0.4) is 0 Å². The summed E-state index contributed by atoms with van der Waals surface area (Å²) in [6, 6.07) is 15.4. The van der Waals surface area contributed by atoms with Crippen LogP contribution in [-0.4, -0.2) is 29.8 Å². The summed E-state index contributed by atoms with van der Waals surface area (Å²) < 4.78 is 22.0. The van der Waals surface area contributed by atoms with Crippen LogP contribution < -0.4 is 4.74 Å². The standard InChI is InChI=1S/C18H23O5P/c1-2-23-24(20,21)14-17-5-3-15(4-6-17)13-16-7-9-18(10-8-16)22-12-11-19/h3-10,19H,2,11-14H2,1H3,(H,20,21). The Morgan fingerprint density at radius 2 is 1.50 bits per heavy atom. The van der Waals surface area contributed by atoms with E-state index in [1.54, 1.807) is 6.92 Å². The van der Waals surface area contributed by atoms with Crippen LogP contribution in [0.15, 0.2) is 48.5 Å². The molecule has 0 saturated carbocycles. The van der Waals surface area contributed by atoms with Crippen molar-refractivity contribution in [3.8, 4) is 5.75 Å². The van der Waals surface area contributed by atoms with E-state index < -0.39 is 7.60 Å². The molecular formula is C18H23O5P. The summed E-state index contributed by atoms with van der Waals surface area (Å²) in [7, 11) is -3.54. The van der Waals surface area contributed by atoms with Crippen molar-refractivity contribution >= 4 is 7.60 Å². The number of aliphatic hydroxyl groups is 1. The van der Waals surface area contributed by atoms with Crippen LogP contribution in [0.1, 0.15) is 23.6 Å². The van der Waals surface area contributed by atoms with Gasteiger partial charge in [0.2, 0.25) is 0 Å². The molecule has 0 aromatic heterocycles. The van der Waals surface area contributed by atoms with Crippen LogP contribution in [0.4, 0.5) is 0 Å². The highest BCUT2D eigenvalue weighted by molar-refractivity contribution is 7.51. The SMILES string of the molecule is CCOP(=O)(O)Cc1ccc(Cc2ccc(OCCO)cc2)cc1. The predicted octanol–water partition coefficient (Wildman–Crippen LogP) is 3.37. The molecule has 130 valence electrons. The molecule has 0 aliphatic carbocycles. The topological polar surface area (TPSA) is 76.0 Å². The number of benzene rings is 2. The highest BCUT2D eigenvalue weighted by Gasteiger charge is 2.18. The molecular weight excluding hydrogens is 327 g/mol. The van der Waals surface area contributed by atoms with E-state index in [0.717, 1.165) is 28.9 Å². The lowest BCUT2D eigenvalue weighted by Gasteiger charge is -2.11. The van der Waals surface area contributed by atoms with Crippen LogP contribution in [-0.2, 0) is 21.7 Å². The largest absolute Gasteiger partial charge is 0.491 e. The fraction of sp³-hybridized carbons (Fsp3) is 0.333. The van der Waals surface area contributed by atoms with Crippen molar-refractivity contribution in [2.24, 2.45) is 0 Å². The molecule has 0 amide bonds. The maximum Gasteiger partial charge on any atom is 0.332 e. The van der Waals surface area contributed by atoms with Gasteiger partial charge in [-0.1, -0.05) is 36.4 Å². The Morgan fingerprint density at radius 1 is 0.958 bits per heavy atom. The summed E-state index contributed by atoms with van der Waals surface area (Å²) in [4.78, 5) is 9.67. The third kappa shape index (κ3) is 6.10. The maximum atomic E-state index is 11.8. The lowest BCUT2D eigenvalue weighted by Crippen LogP contribution is -2.01. The zero-order valence-corrected chi connectivity index (χ0v) is 14.6. The Hall–Kier alpha value is -1.65. The number of rotatable bonds is 9. The number of aliphatic hydroxyl groups excluding tert-OH is 1. The van der Waals surface area contributed by atoms with Gasteiger partial charge in [-0.3, -0.25) is 4.57 Å². The van der Waals surface area contributed by atoms with E-state index >= 15 is 0 Å². The highest BCUT2D eigenvalue weighted by atomic mass is 31.2. The Kier molecular flexibility index (Phi) is 7.00. The molecule has 2 aromatic rings. The number of ether oxygens (including phenoxy) is 1. The Bertz CT molecular complexity index is 667. The zero-order chi connectivity index (χ0) is 17.4. The summed E-state index contributed by atoms with van der Waals surface area (Å²) in [5, 5.41) is 8.73. The van der Waals surface area contributed by atoms with Gasteiger partial charge in [0, 0.05) is 0 Å². The minimum absolute atomic E-state index is 0.00182. The monoisotopic (exact) mass is 350 g/mol. The fourth-order valence-corrected chi connectivity index (χ4v) is 3.51. The molecule has 5 nitrogen and oxygen atoms in total. The van der Waals surface area contributed by atoms with Gasteiger partial charge in [-0.05, 0) is 42.2 Å². The van der Waals surface area contributed by atoms with Crippen molar-refractivity contribution in [2.45, 2.75) is 19.5 Å². The average Bonchev–Trinajstić information content (AvgIpc) is 2.56. The van der Waals surface area contributed by atoms with Gasteiger partial charge >= 0.3 is 7.60 Å². The fourth-order valence-electron chi connectivity index (χ4n) is 2.34. The van der Waals surface area contributed by atoms with Crippen LogP contribution in [0, 0.1) is 0 Å². The lowest BCUT2D eigenvalue weighted by molar-refractivity contribution is 0.201. The van der Waals surface area contributed by atoms with E-state index in [9.17, 15) is 9.46 Å². The van der Waals surface area contributed by atoms with E-state index in [1.807, 2.05) is 48.5 Å². The minimum atomic E-state index is -3.54. The van der Waals surface area contributed by atoms with Gasteiger partial charge in [0.05, 0.1) is 19.4 Å². The van der Waals surface area contributed by atoms with Gasteiger partial charge in [-0.15, -0.1) is 0 Å². The van der Waals surface area contributed by atoms with E-state index in [1.165, 1.54) is 0 Å². The van der Waals surface area contributed by atoms with Crippen LogP contribution in [0.5, 0.6) is 5.75 Å². The predicted molar refractivity (Wildman–Crippen MR) is 93.4 cm³/mol. The minimum Gasteiger partial charge on any atom is -0.491 e. The highest BCUT2D eigenvalue weighted by Crippen LogP contribution is 2.45. The van der Waals surface area contributed by atoms with Gasteiger partial charge in [0.1, 0.15) is 12.4 Å². The molecule has 0 aliphatic heterocycles. The number of hydrogen-bond acceptors (Lipinski definition) is 4. The van der Waals surface area contributed by atoms with Crippen molar-refractivity contribution in [1.29, 1.82) is 0 Å². The van der Waals surface area contributed by atoms with Crippen molar-refractivity contribution in [2.75, 3.05) is 19.8 Å². The maximum absolute atomic E-state index is 11.8.